The number of halogens is 2. The number of rotatable bonds is 4. The number of nitrogens with zero attached hydrogens (tertiary/aromatic N) is 3. The predicted molar refractivity (Wildman–Crippen MR) is 85.5 cm³/mol. The molecular weight excluding hydrogens is 316 g/mol. The van der Waals surface area contributed by atoms with E-state index in [4.69, 9.17) is 4.74 Å². The second-order valence-corrected chi connectivity index (χ2v) is 5.69. The molecule has 2 heterocycles. The van der Waals surface area contributed by atoms with Crippen LogP contribution >= 0.6 is 0 Å². The van der Waals surface area contributed by atoms with E-state index in [1.54, 1.807) is 12.1 Å². The highest BCUT2D eigenvalue weighted by Crippen LogP contribution is 2.26. The third kappa shape index (κ3) is 3.79. The van der Waals surface area contributed by atoms with Gasteiger partial charge in [0, 0.05) is 18.4 Å². The topological polar surface area (TPSA) is 47.5 Å². The first-order chi connectivity index (χ1) is 11.5. The van der Waals surface area contributed by atoms with E-state index in [-0.39, 0.29) is 11.9 Å². The highest BCUT2D eigenvalue weighted by atomic mass is 19.3. The fourth-order valence-electron chi connectivity index (χ4n) is 2.56. The van der Waals surface area contributed by atoms with Gasteiger partial charge in [-0.2, -0.15) is 8.78 Å². The van der Waals surface area contributed by atoms with Gasteiger partial charge in [-0.3, -0.25) is 0 Å². The normalized spacial score (nSPS) is 18.0. The van der Waals surface area contributed by atoms with E-state index in [1.165, 1.54) is 12.1 Å². The molecule has 1 aromatic carbocycles. The van der Waals surface area contributed by atoms with Crippen LogP contribution in [0.2, 0.25) is 0 Å². The molecule has 1 aliphatic heterocycles. The Morgan fingerprint density at radius 3 is 2.67 bits per heavy atom. The summed E-state index contributed by atoms with van der Waals surface area (Å²) in [5.74, 6) is 0.822. The molecule has 1 atom stereocenters. The van der Waals surface area contributed by atoms with Crippen LogP contribution in [0.15, 0.2) is 30.5 Å². The highest BCUT2D eigenvalue weighted by molar-refractivity contribution is 5.35. The fraction of sp³-hybridized carbons (Fsp3) is 0.412. The lowest BCUT2D eigenvalue weighted by molar-refractivity contribution is -0.0498. The quantitative estimate of drug-likeness (QED) is 0.858. The smallest absolute Gasteiger partial charge is 0.387 e. The molecule has 1 fully saturated rings. The molecular formula is C17H19F2N3O2. The number of anilines is 1. The second-order valence-electron chi connectivity index (χ2n) is 5.69. The largest absolute Gasteiger partial charge is 0.435 e. The summed E-state index contributed by atoms with van der Waals surface area (Å²) in [4.78, 5) is 11.0. The van der Waals surface area contributed by atoms with Crippen LogP contribution in [0.5, 0.6) is 5.75 Å². The number of ether oxygens (including phenoxy) is 2. The average molecular weight is 335 g/mol. The van der Waals surface area contributed by atoms with Crippen LogP contribution in [0.25, 0.3) is 0 Å². The minimum Gasteiger partial charge on any atom is -0.435 e. The maximum Gasteiger partial charge on any atom is 0.387 e. The van der Waals surface area contributed by atoms with Gasteiger partial charge in [0.2, 0.25) is 5.95 Å². The van der Waals surface area contributed by atoms with Gasteiger partial charge in [-0.15, -0.1) is 0 Å². The van der Waals surface area contributed by atoms with E-state index < -0.39 is 6.61 Å². The molecule has 3 rings (SSSR count). The summed E-state index contributed by atoms with van der Waals surface area (Å²) in [7, 11) is 0. The number of hydrogen-bond donors (Lipinski definition) is 0. The summed E-state index contributed by atoms with van der Waals surface area (Å²) in [5, 5.41) is 0. The zero-order chi connectivity index (χ0) is 17.1. The Morgan fingerprint density at radius 2 is 2.00 bits per heavy atom. The minimum absolute atomic E-state index is 0.138. The van der Waals surface area contributed by atoms with Crippen molar-refractivity contribution in [1.82, 2.24) is 9.97 Å². The molecule has 128 valence electrons. The molecule has 0 aliphatic carbocycles. The zero-order valence-corrected chi connectivity index (χ0v) is 13.6. The summed E-state index contributed by atoms with van der Waals surface area (Å²) < 4.78 is 34.6. The Bertz CT molecular complexity index is 695. The molecule has 5 nitrogen and oxygen atoms in total. The van der Waals surface area contributed by atoms with Crippen LogP contribution in [-0.4, -0.2) is 36.3 Å². The number of aryl methyl sites for hydroxylation is 2. The van der Waals surface area contributed by atoms with Crippen molar-refractivity contribution in [3.63, 3.8) is 0 Å². The van der Waals surface area contributed by atoms with Crippen molar-refractivity contribution in [2.45, 2.75) is 26.6 Å². The molecule has 24 heavy (non-hydrogen) atoms. The van der Waals surface area contributed by atoms with Gasteiger partial charge in [0.1, 0.15) is 11.9 Å². The van der Waals surface area contributed by atoms with Crippen molar-refractivity contribution in [2.24, 2.45) is 0 Å². The van der Waals surface area contributed by atoms with Gasteiger partial charge in [0.05, 0.1) is 13.2 Å². The average Bonchev–Trinajstić information content (AvgIpc) is 2.58. The van der Waals surface area contributed by atoms with Crippen LogP contribution in [0, 0.1) is 13.8 Å². The van der Waals surface area contributed by atoms with Crippen LogP contribution in [0.3, 0.4) is 0 Å². The monoisotopic (exact) mass is 335 g/mol. The molecule has 0 N–H and O–H groups in total. The molecule has 1 aromatic heterocycles. The van der Waals surface area contributed by atoms with E-state index in [1.807, 2.05) is 20.0 Å². The van der Waals surface area contributed by atoms with Gasteiger partial charge < -0.3 is 14.4 Å². The Morgan fingerprint density at radius 1 is 1.25 bits per heavy atom. The molecule has 0 saturated carbocycles. The maximum atomic E-state index is 12.2. The lowest BCUT2D eigenvalue weighted by Crippen LogP contribution is -2.39. The van der Waals surface area contributed by atoms with Crippen molar-refractivity contribution in [2.75, 3.05) is 24.6 Å². The van der Waals surface area contributed by atoms with Crippen LogP contribution < -0.4 is 9.64 Å². The van der Waals surface area contributed by atoms with Crippen LogP contribution in [0.4, 0.5) is 14.7 Å². The third-order valence-electron chi connectivity index (χ3n) is 4.04. The van der Waals surface area contributed by atoms with E-state index in [0.717, 1.165) is 16.8 Å². The van der Waals surface area contributed by atoms with Crippen LogP contribution in [-0.2, 0) is 4.74 Å². The van der Waals surface area contributed by atoms with E-state index in [2.05, 4.69) is 19.6 Å². The molecule has 0 bridgehead atoms. The van der Waals surface area contributed by atoms with Crippen molar-refractivity contribution >= 4 is 5.95 Å². The van der Waals surface area contributed by atoms with Crippen molar-refractivity contribution in [1.29, 1.82) is 0 Å². The molecule has 7 heteroatoms. The number of alkyl halides is 2. The van der Waals surface area contributed by atoms with Gasteiger partial charge >= 0.3 is 6.61 Å². The SMILES string of the molecule is Cc1cnc(N2CCOC(c3ccc(OC(F)F)cc3)C2)nc1C. The summed E-state index contributed by atoms with van der Waals surface area (Å²) in [6.07, 6.45) is 1.66. The summed E-state index contributed by atoms with van der Waals surface area (Å²) in [5.41, 5.74) is 2.92. The first-order valence-corrected chi connectivity index (χ1v) is 7.74. The summed E-state index contributed by atoms with van der Waals surface area (Å²) in [6, 6.07) is 6.53. The third-order valence-corrected chi connectivity index (χ3v) is 4.04. The molecule has 1 unspecified atom stereocenters. The van der Waals surface area contributed by atoms with Crippen molar-refractivity contribution < 1.29 is 18.3 Å². The van der Waals surface area contributed by atoms with Gasteiger partial charge in [-0.1, -0.05) is 12.1 Å². The molecule has 0 spiro atoms. The Balaban J connectivity index is 1.72. The van der Waals surface area contributed by atoms with E-state index in [0.29, 0.717) is 25.6 Å². The Hall–Kier alpha value is -2.28. The second kappa shape index (κ2) is 7.09. The molecule has 0 amide bonds. The predicted octanol–water partition coefficient (Wildman–Crippen LogP) is 3.27. The minimum atomic E-state index is -2.82. The van der Waals surface area contributed by atoms with Gasteiger partial charge in [0.25, 0.3) is 0 Å². The number of aromatic nitrogens is 2. The zero-order valence-electron chi connectivity index (χ0n) is 13.6. The van der Waals surface area contributed by atoms with Crippen molar-refractivity contribution in [3.05, 3.63) is 47.3 Å². The first-order valence-electron chi connectivity index (χ1n) is 7.74. The number of benzene rings is 1. The van der Waals surface area contributed by atoms with Gasteiger partial charge in [0.15, 0.2) is 0 Å². The molecule has 2 aromatic rings. The highest BCUT2D eigenvalue weighted by Gasteiger charge is 2.24. The Labute approximate surface area is 139 Å². The van der Waals surface area contributed by atoms with Crippen LogP contribution in [0.1, 0.15) is 22.9 Å². The first kappa shape index (κ1) is 16.6. The van der Waals surface area contributed by atoms with Gasteiger partial charge in [-0.05, 0) is 37.1 Å². The Kier molecular flexibility index (Phi) is 4.89. The summed E-state index contributed by atoms with van der Waals surface area (Å²) in [6.45, 7) is 2.99. The molecule has 1 saturated heterocycles. The van der Waals surface area contributed by atoms with E-state index >= 15 is 0 Å². The molecule has 0 radical (unpaired) electrons. The van der Waals surface area contributed by atoms with Crippen molar-refractivity contribution in [3.8, 4) is 5.75 Å². The van der Waals surface area contributed by atoms with Gasteiger partial charge in [-0.25, -0.2) is 9.97 Å². The maximum absolute atomic E-state index is 12.2. The number of morpholine rings is 1. The number of hydrogen-bond acceptors (Lipinski definition) is 5. The summed E-state index contributed by atoms with van der Waals surface area (Å²) >= 11 is 0. The fourth-order valence-corrected chi connectivity index (χ4v) is 2.56. The molecule has 1 aliphatic rings. The standard InChI is InChI=1S/C17H19F2N3O2/c1-11-9-20-17(21-12(11)2)22-7-8-23-15(10-22)13-3-5-14(6-4-13)24-16(18)19/h3-6,9,15-16H,7-8,10H2,1-2H3. The lowest BCUT2D eigenvalue weighted by atomic mass is 10.1. The lowest BCUT2D eigenvalue weighted by Gasteiger charge is -2.33. The van der Waals surface area contributed by atoms with E-state index in [9.17, 15) is 8.78 Å².